The summed E-state index contributed by atoms with van der Waals surface area (Å²) in [5.74, 6) is -0.592. The molecule has 0 heterocycles. The van der Waals surface area contributed by atoms with E-state index in [1.54, 1.807) is 18.2 Å². The van der Waals surface area contributed by atoms with Gasteiger partial charge in [-0.2, -0.15) is 0 Å². The molecule has 0 spiro atoms. The number of hydrogen-bond acceptors (Lipinski definition) is 4. The summed E-state index contributed by atoms with van der Waals surface area (Å²) >= 11 is 0. The maximum atomic E-state index is 12.4. The fourth-order valence-electron chi connectivity index (χ4n) is 2.69. The molecule has 1 amide bonds. The molecule has 5 heteroatoms. The Balaban J connectivity index is 2.16. The van der Waals surface area contributed by atoms with Crippen LogP contribution in [-0.4, -0.2) is 24.5 Å². The third-order valence-electron chi connectivity index (χ3n) is 4.10. The topological polar surface area (TPSA) is 81.4 Å². The average molecular weight is 290 g/mol. The Bertz CT molecular complexity index is 548. The summed E-state index contributed by atoms with van der Waals surface area (Å²) in [5, 5.41) is 2.83. The summed E-state index contributed by atoms with van der Waals surface area (Å²) in [4.78, 5) is 24.0. The molecule has 0 bridgehead atoms. The van der Waals surface area contributed by atoms with E-state index >= 15 is 0 Å². The number of nitrogens with one attached hydrogen (secondary N) is 1. The van der Waals surface area contributed by atoms with Gasteiger partial charge in [0.25, 0.3) is 0 Å². The van der Waals surface area contributed by atoms with E-state index in [-0.39, 0.29) is 5.91 Å². The molecule has 0 aromatic heterocycles. The van der Waals surface area contributed by atoms with Crippen molar-refractivity contribution in [3.05, 3.63) is 29.3 Å². The molecule has 0 saturated heterocycles. The number of carbonyl (C=O) groups is 2. The molecule has 0 unspecified atom stereocenters. The first-order valence-electron chi connectivity index (χ1n) is 7.25. The largest absolute Gasteiger partial charge is 0.465 e. The van der Waals surface area contributed by atoms with Crippen molar-refractivity contribution in [3.63, 3.8) is 0 Å². The molecule has 1 saturated carbocycles. The van der Waals surface area contributed by atoms with Crippen LogP contribution in [0, 0.1) is 6.92 Å². The average Bonchev–Trinajstić information content (AvgIpc) is 2.49. The van der Waals surface area contributed by atoms with Gasteiger partial charge in [0.1, 0.15) is 0 Å². The molecular formula is C16H22N2O3. The zero-order valence-corrected chi connectivity index (χ0v) is 12.6. The van der Waals surface area contributed by atoms with Gasteiger partial charge in [0.15, 0.2) is 0 Å². The number of ether oxygens (including phenoxy) is 1. The van der Waals surface area contributed by atoms with Crippen LogP contribution in [0.4, 0.5) is 5.69 Å². The van der Waals surface area contributed by atoms with E-state index in [0.29, 0.717) is 24.1 Å². The number of rotatable bonds is 3. The van der Waals surface area contributed by atoms with Gasteiger partial charge in [-0.3, -0.25) is 4.79 Å². The van der Waals surface area contributed by atoms with Crippen LogP contribution in [0.25, 0.3) is 0 Å². The fourth-order valence-corrected chi connectivity index (χ4v) is 2.69. The number of amides is 1. The number of anilines is 1. The highest BCUT2D eigenvalue weighted by Gasteiger charge is 2.35. The monoisotopic (exact) mass is 290 g/mol. The SMILES string of the molecule is COC(=O)c1cc(NC(=O)C2(N)CCCCC2)ccc1C. The predicted octanol–water partition coefficient (Wildman–Crippen LogP) is 2.38. The molecule has 2 rings (SSSR count). The molecule has 114 valence electrons. The minimum absolute atomic E-state index is 0.179. The molecule has 3 N–H and O–H groups in total. The number of aryl methyl sites for hydroxylation is 1. The van der Waals surface area contributed by atoms with E-state index in [1.807, 2.05) is 6.92 Å². The lowest BCUT2D eigenvalue weighted by molar-refractivity contribution is -0.122. The number of benzene rings is 1. The molecular weight excluding hydrogens is 268 g/mol. The van der Waals surface area contributed by atoms with Crippen molar-refractivity contribution in [3.8, 4) is 0 Å². The van der Waals surface area contributed by atoms with Crippen LogP contribution >= 0.6 is 0 Å². The van der Waals surface area contributed by atoms with E-state index in [1.165, 1.54) is 7.11 Å². The van der Waals surface area contributed by atoms with E-state index in [4.69, 9.17) is 10.5 Å². The van der Waals surface area contributed by atoms with E-state index in [0.717, 1.165) is 24.8 Å². The van der Waals surface area contributed by atoms with Crippen LogP contribution in [0.3, 0.4) is 0 Å². The quantitative estimate of drug-likeness (QED) is 0.837. The molecule has 1 aromatic rings. The molecule has 0 atom stereocenters. The molecule has 1 fully saturated rings. The number of hydrogen-bond donors (Lipinski definition) is 2. The maximum absolute atomic E-state index is 12.4. The van der Waals surface area contributed by atoms with Gasteiger partial charge in [0, 0.05) is 5.69 Å². The Labute approximate surface area is 124 Å². The van der Waals surface area contributed by atoms with E-state index < -0.39 is 11.5 Å². The van der Waals surface area contributed by atoms with Crippen LogP contribution < -0.4 is 11.1 Å². The van der Waals surface area contributed by atoms with Crippen molar-refractivity contribution in [1.29, 1.82) is 0 Å². The smallest absolute Gasteiger partial charge is 0.338 e. The molecule has 5 nitrogen and oxygen atoms in total. The highest BCUT2D eigenvalue weighted by molar-refractivity contribution is 5.99. The fraction of sp³-hybridized carbons (Fsp3) is 0.500. The van der Waals surface area contributed by atoms with E-state index in [9.17, 15) is 9.59 Å². The Hall–Kier alpha value is -1.88. The normalized spacial score (nSPS) is 17.1. The van der Waals surface area contributed by atoms with Gasteiger partial charge >= 0.3 is 5.97 Å². The van der Waals surface area contributed by atoms with Crippen molar-refractivity contribution >= 4 is 17.6 Å². The molecule has 1 aliphatic carbocycles. The van der Waals surface area contributed by atoms with Gasteiger partial charge in [-0.05, 0) is 37.5 Å². The second-order valence-electron chi connectivity index (χ2n) is 5.69. The summed E-state index contributed by atoms with van der Waals surface area (Å²) in [6.45, 7) is 1.82. The highest BCUT2D eigenvalue weighted by Crippen LogP contribution is 2.27. The van der Waals surface area contributed by atoms with Gasteiger partial charge in [0.2, 0.25) is 5.91 Å². The number of esters is 1. The lowest BCUT2D eigenvalue weighted by Gasteiger charge is -2.31. The van der Waals surface area contributed by atoms with Crippen molar-refractivity contribution in [2.24, 2.45) is 5.73 Å². The number of nitrogens with two attached hydrogens (primary N) is 1. The van der Waals surface area contributed by atoms with Gasteiger partial charge in [0.05, 0.1) is 18.2 Å². The van der Waals surface area contributed by atoms with Crippen LogP contribution in [0.1, 0.15) is 48.0 Å². The Morgan fingerprint density at radius 3 is 2.52 bits per heavy atom. The second-order valence-corrected chi connectivity index (χ2v) is 5.69. The zero-order chi connectivity index (χ0) is 15.5. The van der Waals surface area contributed by atoms with Crippen molar-refractivity contribution in [2.45, 2.75) is 44.6 Å². The van der Waals surface area contributed by atoms with Crippen molar-refractivity contribution < 1.29 is 14.3 Å². The number of methoxy groups -OCH3 is 1. The molecule has 0 radical (unpaired) electrons. The minimum Gasteiger partial charge on any atom is -0.465 e. The first-order valence-corrected chi connectivity index (χ1v) is 7.25. The Morgan fingerprint density at radius 1 is 1.24 bits per heavy atom. The second kappa shape index (κ2) is 6.26. The lowest BCUT2D eigenvalue weighted by Crippen LogP contribution is -2.52. The van der Waals surface area contributed by atoms with Gasteiger partial charge in [-0.25, -0.2) is 4.79 Å². The summed E-state index contributed by atoms with van der Waals surface area (Å²) < 4.78 is 4.74. The third-order valence-corrected chi connectivity index (χ3v) is 4.10. The summed E-state index contributed by atoms with van der Waals surface area (Å²) in [6, 6.07) is 5.18. The standard InChI is InChI=1S/C16H22N2O3/c1-11-6-7-12(10-13(11)14(19)21-2)18-15(20)16(17)8-4-3-5-9-16/h6-7,10H,3-5,8-9,17H2,1-2H3,(H,18,20). The van der Waals surface area contributed by atoms with Crippen molar-refractivity contribution in [1.82, 2.24) is 0 Å². The Kier molecular flexibility index (Phi) is 4.63. The van der Waals surface area contributed by atoms with Gasteiger partial charge < -0.3 is 15.8 Å². The summed E-state index contributed by atoms with van der Waals surface area (Å²) in [5.41, 5.74) is 7.23. The Morgan fingerprint density at radius 2 is 1.90 bits per heavy atom. The van der Waals surface area contributed by atoms with Gasteiger partial charge in [-0.1, -0.05) is 25.3 Å². The third kappa shape index (κ3) is 3.42. The van der Waals surface area contributed by atoms with Crippen LogP contribution in [0.15, 0.2) is 18.2 Å². The summed E-state index contributed by atoms with van der Waals surface area (Å²) in [7, 11) is 1.34. The molecule has 21 heavy (non-hydrogen) atoms. The first kappa shape index (κ1) is 15.5. The maximum Gasteiger partial charge on any atom is 0.338 e. The molecule has 0 aliphatic heterocycles. The van der Waals surface area contributed by atoms with Crippen LogP contribution in [0.2, 0.25) is 0 Å². The first-order chi connectivity index (χ1) is 9.96. The van der Waals surface area contributed by atoms with E-state index in [2.05, 4.69) is 5.32 Å². The lowest BCUT2D eigenvalue weighted by atomic mass is 9.82. The zero-order valence-electron chi connectivity index (χ0n) is 12.6. The van der Waals surface area contributed by atoms with Crippen LogP contribution in [0.5, 0.6) is 0 Å². The van der Waals surface area contributed by atoms with Gasteiger partial charge in [-0.15, -0.1) is 0 Å². The van der Waals surface area contributed by atoms with Crippen molar-refractivity contribution in [2.75, 3.05) is 12.4 Å². The van der Waals surface area contributed by atoms with Crippen LogP contribution in [-0.2, 0) is 9.53 Å². The molecule has 1 aromatic carbocycles. The minimum atomic E-state index is -0.797. The predicted molar refractivity (Wildman–Crippen MR) is 81.2 cm³/mol. The molecule has 1 aliphatic rings. The highest BCUT2D eigenvalue weighted by atomic mass is 16.5. The number of carbonyl (C=O) groups excluding carboxylic acids is 2. The summed E-state index contributed by atoms with van der Waals surface area (Å²) in [6.07, 6.45) is 4.49.